The van der Waals surface area contributed by atoms with Crippen molar-refractivity contribution in [3.8, 4) is 0 Å². The molecular weight excluding hydrogens is 184 g/mol. The van der Waals surface area contributed by atoms with Crippen LogP contribution in [0.3, 0.4) is 0 Å². The Morgan fingerprint density at radius 1 is 1.33 bits per heavy atom. The van der Waals surface area contributed by atoms with Crippen molar-refractivity contribution < 1.29 is 0 Å². The molecule has 0 aromatic heterocycles. The van der Waals surface area contributed by atoms with E-state index < -0.39 is 0 Å². The van der Waals surface area contributed by atoms with Crippen molar-refractivity contribution in [1.82, 2.24) is 5.32 Å². The molecule has 2 heteroatoms. The van der Waals surface area contributed by atoms with E-state index in [2.05, 4.69) is 37.4 Å². The van der Waals surface area contributed by atoms with Crippen LogP contribution in [0.5, 0.6) is 0 Å². The predicted octanol–water partition coefficient (Wildman–Crippen LogP) is 1.52. The molecule has 15 heavy (non-hydrogen) atoms. The highest BCUT2D eigenvalue weighted by Crippen LogP contribution is 2.50. The third-order valence-corrected chi connectivity index (χ3v) is 4.01. The second-order valence-corrected chi connectivity index (χ2v) is 5.06. The van der Waals surface area contributed by atoms with Crippen molar-refractivity contribution >= 4 is 0 Å². The minimum atomic E-state index is 0.442. The van der Waals surface area contributed by atoms with Gasteiger partial charge in [0.25, 0.3) is 0 Å². The van der Waals surface area contributed by atoms with Gasteiger partial charge in [-0.3, -0.25) is 0 Å². The topological polar surface area (TPSA) is 38.0 Å². The number of nitrogens with one attached hydrogen (secondary N) is 1. The first-order valence-corrected chi connectivity index (χ1v) is 5.74. The van der Waals surface area contributed by atoms with Crippen LogP contribution in [0.4, 0.5) is 0 Å². The van der Waals surface area contributed by atoms with Crippen LogP contribution in [0.15, 0.2) is 18.2 Å². The average Bonchev–Trinajstić information content (AvgIpc) is 2.65. The van der Waals surface area contributed by atoms with Crippen LogP contribution < -0.4 is 11.1 Å². The van der Waals surface area contributed by atoms with Crippen molar-refractivity contribution in [2.24, 2.45) is 17.6 Å². The monoisotopic (exact) mass is 202 g/mol. The van der Waals surface area contributed by atoms with Crippen LogP contribution in [-0.4, -0.2) is 12.6 Å². The second-order valence-electron chi connectivity index (χ2n) is 5.06. The number of aryl methyl sites for hydroxylation is 2. The Morgan fingerprint density at radius 3 is 2.73 bits per heavy atom. The summed E-state index contributed by atoms with van der Waals surface area (Å²) >= 11 is 0. The van der Waals surface area contributed by atoms with E-state index in [-0.39, 0.29) is 0 Å². The summed E-state index contributed by atoms with van der Waals surface area (Å²) in [7, 11) is 0. The van der Waals surface area contributed by atoms with Crippen molar-refractivity contribution in [3.63, 3.8) is 0 Å². The van der Waals surface area contributed by atoms with Gasteiger partial charge in [0.15, 0.2) is 0 Å². The molecule has 2 fully saturated rings. The van der Waals surface area contributed by atoms with Crippen LogP contribution in [0.2, 0.25) is 0 Å². The number of hydrogen-bond donors (Lipinski definition) is 2. The van der Waals surface area contributed by atoms with Crippen LogP contribution >= 0.6 is 0 Å². The number of rotatable bonds is 1. The highest BCUT2D eigenvalue weighted by molar-refractivity contribution is 5.36. The fraction of sp³-hybridized carbons (Fsp3) is 0.538. The fourth-order valence-corrected chi connectivity index (χ4v) is 3.06. The largest absolute Gasteiger partial charge is 0.327 e. The first-order valence-electron chi connectivity index (χ1n) is 5.74. The fourth-order valence-electron chi connectivity index (χ4n) is 3.06. The Balaban J connectivity index is 1.93. The molecule has 3 rings (SSSR count). The standard InChI is InChI=1S/C13H18N2/c1-7-3-4-9(8(2)5-7)13-11-10(6-15-13)12(11)14/h3-5,10-13,15H,6,14H2,1-2H3. The van der Waals surface area contributed by atoms with E-state index in [9.17, 15) is 0 Å². The molecule has 0 bridgehead atoms. The first kappa shape index (κ1) is 9.37. The van der Waals surface area contributed by atoms with E-state index in [1.807, 2.05) is 0 Å². The van der Waals surface area contributed by atoms with E-state index in [1.54, 1.807) is 0 Å². The lowest BCUT2D eigenvalue weighted by Gasteiger charge is -2.18. The van der Waals surface area contributed by atoms with Crippen LogP contribution in [0.25, 0.3) is 0 Å². The summed E-state index contributed by atoms with van der Waals surface area (Å²) in [5.74, 6) is 1.42. The van der Waals surface area contributed by atoms with E-state index in [0.29, 0.717) is 18.0 Å². The average molecular weight is 202 g/mol. The van der Waals surface area contributed by atoms with Gasteiger partial charge in [-0.15, -0.1) is 0 Å². The highest BCUT2D eigenvalue weighted by atomic mass is 15.1. The van der Waals surface area contributed by atoms with Crippen molar-refractivity contribution in [3.05, 3.63) is 34.9 Å². The molecule has 1 aliphatic carbocycles. The first-order chi connectivity index (χ1) is 7.18. The Kier molecular flexibility index (Phi) is 1.91. The summed E-state index contributed by atoms with van der Waals surface area (Å²) in [6, 6.07) is 7.67. The number of piperidine rings is 1. The van der Waals surface area contributed by atoms with Gasteiger partial charge in [0.1, 0.15) is 0 Å². The summed E-state index contributed by atoms with van der Waals surface area (Å²) in [4.78, 5) is 0. The molecule has 1 aliphatic heterocycles. The summed E-state index contributed by atoms with van der Waals surface area (Å²) in [6.45, 7) is 5.44. The quantitative estimate of drug-likeness (QED) is 0.724. The minimum Gasteiger partial charge on any atom is -0.327 e. The smallest absolute Gasteiger partial charge is 0.0370 e. The van der Waals surface area contributed by atoms with Gasteiger partial charge >= 0.3 is 0 Å². The minimum absolute atomic E-state index is 0.442. The van der Waals surface area contributed by atoms with E-state index in [4.69, 9.17) is 5.73 Å². The van der Waals surface area contributed by atoms with Gasteiger partial charge in [0, 0.05) is 18.6 Å². The normalized spacial score (nSPS) is 37.8. The highest BCUT2D eigenvalue weighted by Gasteiger charge is 2.56. The molecule has 4 unspecified atom stereocenters. The van der Waals surface area contributed by atoms with Crippen LogP contribution in [0, 0.1) is 25.7 Å². The van der Waals surface area contributed by atoms with E-state index >= 15 is 0 Å². The van der Waals surface area contributed by atoms with Gasteiger partial charge in [-0.1, -0.05) is 23.8 Å². The Bertz CT molecular complexity index is 400. The maximum Gasteiger partial charge on any atom is 0.0370 e. The molecule has 1 aromatic rings. The summed E-state index contributed by atoms with van der Waals surface area (Å²) in [5, 5.41) is 3.58. The maximum atomic E-state index is 6.04. The lowest BCUT2D eigenvalue weighted by molar-refractivity contribution is 0.534. The van der Waals surface area contributed by atoms with Gasteiger partial charge in [-0.05, 0) is 36.8 Å². The lowest BCUT2D eigenvalue weighted by atomic mass is 9.96. The third kappa shape index (κ3) is 1.32. The Hall–Kier alpha value is -0.860. The number of nitrogens with two attached hydrogens (primary N) is 1. The summed E-state index contributed by atoms with van der Waals surface area (Å²) < 4.78 is 0. The van der Waals surface area contributed by atoms with Gasteiger partial charge in [0.05, 0.1) is 0 Å². The number of fused-ring (bicyclic) bond motifs is 1. The van der Waals surface area contributed by atoms with Crippen molar-refractivity contribution in [2.45, 2.75) is 25.9 Å². The molecule has 80 valence electrons. The van der Waals surface area contributed by atoms with E-state index in [1.165, 1.54) is 16.7 Å². The molecule has 0 radical (unpaired) electrons. The van der Waals surface area contributed by atoms with Crippen molar-refractivity contribution in [2.75, 3.05) is 6.54 Å². The Morgan fingerprint density at radius 2 is 2.13 bits per heavy atom. The van der Waals surface area contributed by atoms with Gasteiger partial charge in [0.2, 0.25) is 0 Å². The Labute approximate surface area is 90.9 Å². The third-order valence-electron chi connectivity index (χ3n) is 4.01. The number of hydrogen-bond acceptors (Lipinski definition) is 2. The maximum absolute atomic E-state index is 6.04. The van der Waals surface area contributed by atoms with Crippen LogP contribution in [-0.2, 0) is 0 Å². The number of benzene rings is 1. The van der Waals surface area contributed by atoms with Gasteiger partial charge in [-0.25, -0.2) is 0 Å². The van der Waals surface area contributed by atoms with Crippen molar-refractivity contribution in [1.29, 1.82) is 0 Å². The molecule has 1 heterocycles. The molecule has 4 atom stereocenters. The molecule has 1 saturated heterocycles. The molecule has 3 N–H and O–H groups in total. The van der Waals surface area contributed by atoms with E-state index in [0.717, 1.165) is 12.5 Å². The zero-order valence-electron chi connectivity index (χ0n) is 9.33. The molecule has 0 amide bonds. The lowest BCUT2D eigenvalue weighted by Crippen LogP contribution is -2.26. The van der Waals surface area contributed by atoms with Gasteiger partial charge < -0.3 is 11.1 Å². The molecule has 0 spiro atoms. The second kappa shape index (κ2) is 3.06. The zero-order valence-corrected chi connectivity index (χ0v) is 9.33. The van der Waals surface area contributed by atoms with Crippen LogP contribution in [0.1, 0.15) is 22.7 Å². The SMILES string of the molecule is Cc1ccc(C2NCC3C(N)C23)c(C)c1. The predicted molar refractivity (Wildman–Crippen MR) is 61.6 cm³/mol. The molecule has 2 nitrogen and oxygen atoms in total. The molecule has 2 aliphatic rings. The van der Waals surface area contributed by atoms with Gasteiger partial charge in [-0.2, -0.15) is 0 Å². The summed E-state index contributed by atoms with van der Waals surface area (Å²) in [5.41, 5.74) is 10.2. The molecule has 1 aromatic carbocycles. The summed E-state index contributed by atoms with van der Waals surface area (Å²) in [6.07, 6.45) is 0. The zero-order chi connectivity index (χ0) is 10.6. The molecular formula is C13H18N2. The molecule has 1 saturated carbocycles.